The van der Waals surface area contributed by atoms with Crippen LogP contribution in [0.2, 0.25) is 0 Å². The van der Waals surface area contributed by atoms with Gasteiger partial charge in [0.25, 0.3) is 5.91 Å². The first-order valence-corrected chi connectivity index (χ1v) is 7.67. The molecule has 5 nitrogen and oxygen atoms in total. The number of carbonyl (C=O) groups is 1. The van der Waals surface area contributed by atoms with Gasteiger partial charge >= 0.3 is 0 Å². The Morgan fingerprint density at radius 3 is 2.36 bits per heavy atom. The zero-order valence-electron chi connectivity index (χ0n) is 13.3. The molecule has 0 aliphatic heterocycles. The fourth-order valence-corrected chi connectivity index (χ4v) is 2.27. The fourth-order valence-electron chi connectivity index (χ4n) is 2.27. The van der Waals surface area contributed by atoms with Crippen molar-refractivity contribution in [2.75, 3.05) is 18.4 Å². The van der Waals surface area contributed by atoms with Gasteiger partial charge in [-0.25, -0.2) is 0 Å². The Labute approximate surface area is 131 Å². The standard InChI is InChI=1S/C17H22N4O/c1-4-13-9-7-8-10-14(13)18-16-12-11-15(19-20-16)17(22)21(5-2)6-3/h7-12H,4-6H2,1-3H3,(H,18,20). The van der Waals surface area contributed by atoms with Crippen molar-refractivity contribution < 1.29 is 4.79 Å². The van der Waals surface area contributed by atoms with Crippen LogP contribution in [-0.2, 0) is 6.42 Å². The van der Waals surface area contributed by atoms with Gasteiger partial charge in [0, 0.05) is 18.8 Å². The predicted octanol–water partition coefficient (Wildman–Crippen LogP) is 3.26. The van der Waals surface area contributed by atoms with Crippen LogP contribution in [0.3, 0.4) is 0 Å². The van der Waals surface area contributed by atoms with Crippen molar-refractivity contribution in [2.45, 2.75) is 27.2 Å². The summed E-state index contributed by atoms with van der Waals surface area (Å²) in [5, 5.41) is 11.4. The number of para-hydroxylation sites is 1. The van der Waals surface area contributed by atoms with E-state index in [0.29, 0.717) is 24.6 Å². The number of carbonyl (C=O) groups excluding carboxylic acids is 1. The SMILES string of the molecule is CCc1ccccc1Nc1ccc(C(=O)N(CC)CC)nn1. The lowest BCUT2D eigenvalue weighted by Gasteiger charge is -2.17. The highest BCUT2D eigenvalue weighted by Gasteiger charge is 2.14. The molecule has 0 unspecified atom stereocenters. The summed E-state index contributed by atoms with van der Waals surface area (Å²) in [6.07, 6.45) is 0.940. The molecule has 1 N–H and O–H groups in total. The second-order valence-corrected chi connectivity index (χ2v) is 4.92. The summed E-state index contributed by atoms with van der Waals surface area (Å²) >= 11 is 0. The lowest BCUT2D eigenvalue weighted by atomic mass is 10.1. The molecule has 0 radical (unpaired) electrons. The van der Waals surface area contributed by atoms with Crippen LogP contribution in [0.5, 0.6) is 0 Å². The number of benzene rings is 1. The minimum absolute atomic E-state index is 0.0852. The molecule has 0 spiro atoms. The molecule has 1 aromatic carbocycles. The predicted molar refractivity (Wildman–Crippen MR) is 88.4 cm³/mol. The first kappa shape index (κ1) is 15.9. The molecule has 2 aromatic rings. The number of hydrogen-bond acceptors (Lipinski definition) is 4. The first-order chi connectivity index (χ1) is 10.7. The highest BCUT2D eigenvalue weighted by molar-refractivity contribution is 5.92. The van der Waals surface area contributed by atoms with E-state index in [1.807, 2.05) is 32.0 Å². The average molecular weight is 298 g/mol. The Balaban J connectivity index is 2.14. The molecular weight excluding hydrogens is 276 g/mol. The summed E-state index contributed by atoms with van der Waals surface area (Å²) in [6.45, 7) is 7.35. The second-order valence-electron chi connectivity index (χ2n) is 4.92. The van der Waals surface area contributed by atoms with Gasteiger partial charge in [-0.1, -0.05) is 25.1 Å². The summed E-state index contributed by atoms with van der Waals surface area (Å²) in [5.41, 5.74) is 2.60. The van der Waals surface area contributed by atoms with Crippen LogP contribution in [0.15, 0.2) is 36.4 Å². The average Bonchev–Trinajstić information content (AvgIpc) is 2.57. The molecule has 2 rings (SSSR count). The summed E-state index contributed by atoms with van der Waals surface area (Å²) in [7, 11) is 0. The quantitative estimate of drug-likeness (QED) is 0.889. The Hall–Kier alpha value is -2.43. The number of hydrogen-bond donors (Lipinski definition) is 1. The Kier molecular flexibility index (Phi) is 5.47. The van der Waals surface area contributed by atoms with Crippen LogP contribution in [0.4, 0.5) is 11.5 Å². The summed E-state index contributed by atoms with van der Waals surface area (Å²) < 4.78 is 0. The molecule has 0 aliphatic carbocycles. The molecular formula is C17H22N4O. The molecule has 0 saturated carbocycles. The third-order valence-electron chi connectivity index (χ3n) is 3.60. The molecule has 0 bridgehead atoms. The van der Waals surface area contributed by atoms with Crippen LogP contribution in [0.25, 0.3) is 0 Å². The van der Waals surface area contributed by atoms with E-state index in [2.05, 4.69) is 28.5 Å². The highest BCUT2D eigenvalue weighted by Crippen LogP contribution is 2.19. The number of nitrogens with one attached hydrogen (secondary N) is 1. The lowest BCUT2D eigenvalue weighted by molar-refractivity contribution is 0.0766. The van der Waals surface area contributed by atoms with Gasteiger partial charge in [-0.3, -0.25) is 4.79 Å². The van der Waals surface area contributed by atoms with Gasteiger partial charge in [-0.15, -0.1) is 10.2 Å². The van der Waals surface area contributed by atoms with Gasteiger partial charge in [0.05, 0.1) is 0 Å². The van der Waals surface area contributed by atoms with E-state index in [-0.39, 0.29) is 5.91 Å². The van der Waals surface area contributed by atoms with Crippen LogP contribution in [-0.4, -0.2) is 34.1 Å². The van der Waals surface area contributed by atoms with Crippen LogP contribution >= 0.6 is 0 Å². The van der Waals surface area contributed by atoms with Gasteiger partial charge < -0.3 is 10.2 Å². The summed E-state index contributed by atoms with van der Waals surface area (Å²) in [5.74, 6) is 0.551. The van der Waals surface area contributed by atoms with E-state index in [1.165, 1.54) is 5.56 Å². The fraction of sp³-hybridized carbons (Fsp3) is 0.353. The van der Waals surface area contributed by atoms with Crippen molar-refractivity contribution in [3.05, 3.63) is 47.7 Å². The first-order valence-electron chi connectivity index (χ1n) is 7.67. The monoisotopic (exact) mass is 298 g/mol. The topological polar surface area (TPSA) is 58.1 Å². The van der Waals surface area contributed by atoms with Gasteiger partial charge in [0.1, 0.15) is 0 Å². The number of aromatic nitrogens is 2. The Bertz CT molecular complexity index is 621. The van der Waals surface area contributed by atoms with Gasteiger partial charge in [0.2, 0.25) is 0 Å². The zero-order chi connectivity index (χ0) is 15.9. The van der Waals surface area contributed by atoms with E-state index >= 15 is 0 Å². The van der Waals surface area contributed by atoms with E-state index in [4.69, 9.17) is 0 Å². The molecule has 5 heteroatoms. The lowest BCUT2D eigenvalue weighted by Crippen LogP contribution is -2.31. The zero-order valence-corrected chi connectivity index (χ0v) is 13.3. The maximum atomic E-state index is 12.2. The van der Waals surface area contributed by atoms with E-state index in [9.17, 15) is 4.79 Å². The van der Waals surface area contributed by atoms with E-state index in [0.717, 1.165) is 12.1 Å². The van der Waals surface area contributed by atoms with Crippen LogP contribution in [0.1, 0.15) is 36.8 Å². The van der Waals surface area contributed by atoms with Crippen molar-refractivity contribution in [3.8, 4) is 0 Å². The number of anilines is 2. The Morgan fingerprint density at radius 2 is 1.77 bits per heavy atom. The molecule has 0 atom stereocenters. The summed E-state index contributed by atoms with van der Waals surface area (Å²) in [4.78, 5) is 13.9. The normalized spacial score (nSPS) is 10.3. The van der Waals surface area contributed by atoms with E-state index in [1.54, 1.807) is 17.0 Å². The van der Waals surface area contributed by atoms with E-state index < -0.39 is 0 Å². The molecule has 0 fully saturated rings. The summed E-state index contributed by atoms with van der Waals surface area (Å²) in [6, 6.07) is 11.6. The van der Waals surface area contributed by atoms with Gasteiger partial charge in [0.15, 0.2) is 11.5 Å². The smallest absolute Gasteiger partial charge is 0.274 e. The van der Waals surface area contributed by atoms with Gasteiger partial charge in [-0.05, 0) is 44.0 Å². The van der Waals surface area contributed by atoms with Crippen molar-refractivity contribution in [3.63, 3.8) is 0 Å². The van der Waals surface area contributed by atoms with Crippen molar-refractivity contribution in [1.82, 2.24) is 15.1 Å². The second kappa shape index (κ2) is 7.54. The van der Waals surface area contributed by atoms with Gasteiger partial charge in [-0.2, -0.15) is 0 Å². The maximum absolute atomic E-state index is 12.2. The largest absolute Gasteiger partial charge is 0.339 e. The van der Waals surface area contributed by atoms with Crippen molar-refractivity contribution in [2.24, 2.45) is 0 Å². The molecule has 1 heterocycles. The van der Waals surface area contributed by atoms with Crippen LogP contribution in [0, 0.1) is 0 Å². The minimum atomic E-state index is -0.0852. The number of aryl methyl sites for hydroxylation is 1. The van der Waals surface area contributed by atoms with Crippen molar-refractivity contribution >= 4 is 17.4 Å². The molecule has 1 amide bonds. The molecule has 0 saturated heterocycles. The number of rotatable bonds is 6. The highest BCUT2D eigenvalue weighted by atomic mass is 16.2. The van der Waals surface area contributed by atoms with Crippen molar-refractivity contribution in [1.29, 1.82) is 0 Å². The molecule has 116 valence electrons. The molecule has 1 aromatic heterocycles. The Morgan fingerprint density at radius 1 is 1.05 bits per heavy atom. The van der Waals surface area contributed by atoms with Crippen LogP contribution < -0.4 is 5.32 Å². The molecule has 0 aliphatic rings. The number of amides is 1. The third kappa shape index (κ3) is 3.61. The third-order valence-corrected chi connectivity index (χ3v) is 3.60. The maximum Gasteiger partial charge on any atom is 0.274 e. The minimum Gasteiger partial charge on any atom is -0.339 e. The molecule has 22 heavy (non-hydrogen) atoms. The number of nitrogens with zero attached hydrogens (tertiary/aromatic N) is 3.